The predicted octanol–water partition coefficient (Wildman–Crippen LogP) is 2.16. The molecular weight excluding hydrogens is 324 g/mol. The maximum atomic E-state index is 11.9. The second-order valence-electron chi connectivity index (χ2n) is 7.63. The number of rotatable bonds is 7. The van der Waals surface area contributed by atoms with Crippen molar-refractivity contribution in [2.75, 3.05) is 19.8 Å². The van der Waals surface area contributed by atoms with E-state index in [-0.39, 0.29) is 36.0 Å². The zero-order chi connectivity index (χ0) is 19.1. The van der Waals surface area contributed by atoms with Crippen LogP contribution in [0, 0.1) is 10.8 Å². The summed E-state index contributed by atoms with van der Waals surface area (Å²) in [5.41, 5.74) is -0.115. The number of ether oxygens (including phenoxy) is 2. The molecule has 142 valence electrons. The number of esters is 1. The van der Waals surface area contributed by atoms with Crippen molar-refractivity contribution in [3.63, 3.8) is 0 Å². The first kappa shape index (κ1) is 21.0. The topological polar surface area (TPSA) is 93.7 Å². The van der Waals surface area contributed by atoms with Crippen LogP contribution in [0.1, 0.15) is 47.0 Å². The van der Waals surface area contributed by atoms with Gasteiger partial charge in [-0.2, -0.15) is 0 Å². The van der Waals surface area contributed by atoms with Crippen LogP contribution in [-0.2, 0) is 19.1 Å². The van der Waals surface area contributed by atoms with E-state index in [1.165, 1.54) is 6.92 Å². The van der Waals surface area contributed by atoms with Gasteiger partial charge in [0.15, 0.2) is 0 Å². The molecule has 1 aliphatic carbocycles. The first-order chi connectivity index (χ1) is 11.6. The lowest BCUT2D eigenvalue weighted by atomic mass is 9.62. The van der Waals surface area contributed by atoms with Crippen LogP contribution >= 0.6 is 0 Å². The molecule has 1 aliphatic rings. The first-order valence-electron chi connectivity index (χ1n) is 8.55. The van der Waals surface area contributed by atoms with E-state index in [1.807, 2.05) is 0 Å². The van der Waals surface area contributed by atoms with Gasteiger partial charge in [0.05, 0.1) is 0 Å². The maximum Gasteiger partial charge on any atom is 0.407 e. The summed E-state index contributed by atoms with van der Waals surface area (Å²) in [5, 5.41) is 5.80. The average molecular weight is 354 g/mol. The van der Waals surface area contributed by atoms with Crippen LogP contribution < -0.4 is 10.6 Å². The average Bonchev–Trinajstić information content (AvgIpc) is 2.52. The predicted molar refractivity (Wildman–Crippen MR) is 93.9 cm³/mol. The Bertz CT molecular complexity index is 518. The van der Waals surface area contributed by atoms with Crippen molar-refractivity contribution in [2.24, 2.45) is 10.8 Å². The monoisotopic (exact) mass is 354 g/mol. The fourth-order valence-corrected chi connectivity index (χ4v) is 3.47. The lowest BCUT2D eigenvalue weighted by Gasteiger charge is -2.48. The highest BCUT2D eigenvalue weighted by atomic mass is 16.6. The number of carbonyl (C=O) groups excluding carboxylic acids is 3. The molecule has 2 N–H and O–H groups in total. The van der Waals surface area contributed by atoms with E-state index in [0.717, 1.165) is 25.3 Å². The van der Waals surface area contributed by atoms with Gasteiger partial charge in [0.2, 0.25) is 5.91 Å². The number of hydrogen-bond acceptors (Lipinski definition) is 5. The molecule has 1 fully saturated rings. The lowest BCUT2D eigenvalue weighted by molar-refractivity contribution is -0.138. The molecule has 25 heavy (non-hydrogen) atoms. The van der Waals surface area contributed by atoms with Crippen LogP contribution in [0.2, 0.25) is 0 Å². The Labute approximate surface area is 149 Å². The molecule has 2 atom stereocenters. The molecule has 2 amide bonds. The van der Waals surface area contributed by atoms with Crippen molar-refractivity contribution < 1.29 is 23.9 Å². The molecule has 0 radical (unpaired) electrons. The van der Waals surface area contributed by atoms with Gasteiger partial charge >= 0.3 is 12.1 Å². The van der Waals surface area contributed by atoms with Gasteiger partial charge in [-0.3, -0.25) is 4.79 Å². The molecular formula is C18H30N2O5. The van der Waals surface area contributed by atoms with E-state index in [1.54, 1.807) is 0 Å². The molecule has 7 heteroatoms. The normalized spacial score (nSPS) is 24.7. The molecule has 0 aromatic carbocycles. The van der Waals surface area contributed by atoms with Gasteiger partial charge in [-0.1, -0.05) is 27.4 Å². The Hall–Kier alpha value is -2.05. The molecule has 0 bridgehead atoms. The Kier molecular flexibility index (Phi) is 7.45. The van der Waals surface area contributed by atoms with Crippen molar-refractivity contribution >= 4 is 18.0 Å². The summed E-state index contributed by atoms with van der Waals surface area (Å²) in [6.07, 6.45) is 3.13. The minimum atomic E-state index is -0.545. The van der Waals surface area contributed by atoms with E-state index in [2.05, 4.69) is 38.0 Å². The van der Waals surface area contributed by atoms with Crippen LogP contribution in [-0.4, -0.2) is 43.8 Å². The van der Waals surface area contributed by atoms with Gasteiger partial charge in [-0.25, -0.2) is 9.59 Å². The van der Waals surface area contributed by atoms with E-state index in [9.17, 15) is 14.4 Å². The second kappa shape index (κ2) is 8.87. The number of alkyl carbamates (subject to hydrolysis) is 1. The Morgan fingerprint density at radius 3 is 2.40 bits per heavy atom. The Balaban J connectivity index is 2.44. The number of hydrogen-bond donors (Lipinski definition) is 2. The summed E-state index contributed by atoms with van der Waals surface area (Å²) in [5.74, 6) is -0.573. The molecule has 0 aromatic rings. The zero-order valence-electron chi connectivity index (χ0n) is 15.6. The largest absolute Gasteiger partial charge is 0.459 e. The highest BCUT2D eigenvalue weighted by Crippen LogP contribution is 2.45. The van der Waals surface area contributed by atoms with Crippen molar-refractivity contribution in [1.29, 1.82) is 0 Å². The molecule has 0 aromatic heterocycles. The smallest absolute Gasteiger partial charge is 0.407 e. The SMILES string of the molecule is C=CC(=O)OCCOC(=O)NC1CCC(C)(CNC(C)=O)CC1(C)C. The van der Waals surface area contributed by atoms with Gasteiger partial charge in [-0.15, -0.1) is 0 Å². The Morgan fingerprint density at radius 1 is 1.20 bits per heavy atom. The minimum absolute atomic E-state index is 0.00111. The van der Waals surface area contributed by atoms with Crippen LogP contribution in [0.15, 0.2) is 12.7 Å². The summed E-state index contributed by atoms with van der Waals surface area (Å²) < 4.78 is 9.79. The maximum absolute atomic E-state index is 11.9. The highest BCUT2D eigenvalue weighted by molar-refractivity contribution is 5.81. The first-order valence-corrected chi connectivity index (χ1v) is 8.55. The van der Waals surface area contributed by atoms with Gasteiger partial charge in [0, 0.05) is 25.6 Å². The summed E-state index contributed by atoms with van der Waals surface area (Å²) in [4.78, 5) is 34.0. The molecule has 1 rings (SSSR count). The van der Waals surface area contributed by atoms with Crippen LogP contribution in [0.5, 0.6) is 0 Å². The quantitative estimate of drug-likeness (QED) is 0.415. The van der Waals surface area contributed by atoms with Gasteiger partial charge in [-0.05, 0) is 30.1 Å². The second-order valence-corrected chi connectivity index (χ2v) is 7.63. The lowest BCUT2D eigenvalue weighted by Crippen LogP contribution is -2.53. The molecule has 0 spiro atoms. The fourth-order valence-electron chi connectivity index (χ4n) is 3.47. The highest BCUT2D eigenvalue weighted by Gasteiger charge is 2.43. The van der Waals surface area contributed by atoms with Gasteiger partial charge < -0.3 is 20.1 Å². The summed E-state index contributed by atoms with van der Waals surface area (Å²) in [6, 6.07) is -0.0128. The third-order valence-electron chi connectivity index (χ3n) is 4.65. The number of amides is 2. The third-order valence-corrected chi connectivity index (χ3v) is 4.65. The zero-order valence-corrected chi connectivity index (χ0v) is 15.6. The summed E-state index contributed by atoms with van der Waals surface area (Å²) in [7, 11) is 0. The Morgan fingerprint density at radius 2 is 1.84 bits per heavy atom. The summed E-state index contributed by atoms with van der Waals surface area (Å²) in [6.45, 7) is 11.8. The van der Waals surface area contributed by atoms with E-state index in [0.29, 0.717) is 6.54 Å². The van der Waals surface area contributed by atoms with Gasteiger partial charge in [0.25, 0.3) is 0 Å². The van der Waals surface area contributed by atoms with Crippen molar-refractivity contribution in [3.8, 4) is 0 Å². The summed E-state index contributed by atoms with van der Waals surface area (Å²) >= 11 is 0. The van der Waals surface area contributed by atoms with E-state index >= 15 is 0 Å². The van der Waals surface area contributed by atoms with Crippen LogP contribution in [0.25, 0.3) is 0 Å². The molecule has 0 aliphatic heterocycles. The molecule has 7 nitrogen and oxygen atoms in total. The molecule has 2 unspecified atom stereocenters. The van der Waals surface area contributed by atoms with E-state index < -0.39 is 12.1 Å². The number of carbonyl (C=O) groups is 3. The van der Waals surface area contributed by atoms with Crippen LogP contribution in [0.4, 0.5) is 4.79 Å². The third kappa shape index (κ3) is 7.15. The van der Waals surface area contributed by atoms with Crippen molar-refractivity contribution in [3.05, 3.63) is 12.7 Å². The minimum Gasteiger partial charge on any atom is -0.459 e. The van der Waals surface area contributed by atoms with Crippen molar-refractivity contribution in [1.82, 2.24) is 10.6 Å². The van der Waals surface area contributed by atoms with Gasteiger partial charge in [0.1, 0.15) is 13.2 Å². The molecule has 0 saturated heterocycles. The van der Waals surface area contributed by atoms with Crippen LogP contribution in [0.3, 0.4) is 0 Å². The van der Waals surface area contributed by atoms with E-state index in [4.69, 9.17) is 9.47 Å². The fraction of sp³-hybridized carbons (Fsp3) is 0.722. The molecule has 0 heterocycles. The number of nitrogens with one attached hydrogen (secondary N) is 2. The van der Waals surface area contributed by atoms with Crippen molar-refractivity contribution in [2.45, 2.75) is 53.0 Å². The standard InChI is InChI=1S/C18H30N2O5/c1-6-15(22)24-9-10-25-16(23)20-14-7-8-18(5,11-17(14,3)4)12-19-13(2)21/h6,14H,1,7-12H2,2-5H3,(H,19,21)(H,20,23). The molecule has 1 saturated carbocycles.